The lowest BCUT2D eigenvalue weighted by molar-refractivity contribution is 0.869. The molecule has 0 saturated heterocycles. The van der Waals surface area contributed by atoms with Gasteiger partial charge in [-0.2, -0.15) is 0 Å². The summed E-state index contributed by atoms with van der Waals surface area (Å²) in [4.78, 5) is 0. The minimum Gasteiger partial charge on any atom is -0.378 e. The van der Waals surface area contributed by atoms with Crippen LogP contribution >= 0.6 is 31.9 Å². The van der Waals surface area contributed by atoms with Gasteiger partial charge in [0.25, 0.3) is 0 Å². The second kappa shape index (κ2) is 6.31. The van der Waals surface area contributed by atoms with Crippen LogP contribution in [0.5, 0.6) is 0 Å². The van der Waals surface area contributed by atoms with E-state index in [1.165, 1.54) is 22.3 Å². The van der Waals surface area contributed by atoms with Crippen molar-refractivity contribution in [2.24, 2.45) is 0 Å². The Morgan fingerprint density at radius 3 is 2.25 bits per heavy atom. The standard InChI is InChI=1S/C17H19Br2N/c1-10-7-12(3)15(8-11(10)2)13(4)20-17-9-14(18)5-6-16(17)19/h5-9,13,20H,1-4H3. The van der Waals surface area contributed by atoms with Gasteiger partial charge in [0.1, 0.15) is 0 Å². The summed E-state index contributed by atoms with van der Waals surface area (Å²) in [5.74, 6) is 0. The molecule has 106 valence electrons. The third-order valence-corrected chi connectivity index (χ3v) is 4.83. The van der Waals surface area contributed by atoms with Crippen LogP contribution < -0.4 is 5.32 Å². The highest BCUT2D eigenvalue weighted by Crippen LogP contribution is 2.31. The van der Waals surface area contributed by atoms with E-state index in [2.05, 4.69) is 83.1 Å². The van der Waals surface area contributed by atoms with Gasteiger partial charge in [-0.05, 0) is 84.1 Å². The molecular formula is C17H19Br2N. The molecule has 1 N–H and O–H groups in total. The molecule has 1 atom stereocenters. The summed E-state index contributed by atoms with van der Waals surface area (Å²) >= 11 is 7.11. The minimum atomic E-state index is 0.264. The molecule has 20 heavy (non-hydrogen) atoms. The van der Waals surface area contributed by atoms with Gasteiger partial charge in [0.2, 0.25) is 0 Å². The van der Waals surface area contributed by atoms with Crippen LogP contribution in [0.2, 0.25) is 0 Å². The number of nitrogens with one attached hydrogen (secondary N) is 1. The molecule has 0 bridgehead atoms. The van der Waals surface area contributed by atoms with Crippen molar-refractivity contribution in [1.29, 1.82) is 0 Å². The van der Waals surface area contributed by atoms with Crippen LogP contribution in [0.3, 0.4) is 0 Å². The number of halogens is 2. The summed E-state index contributed by atoms with van der Waals surface area (Å²) in [5, 5.41) is 3.58. The number of benzene rings is 2. The van der Waals surface area contributed by atoms with Crippen LogP contribution in [0, 0.1) is 20.8 Å². The molecule has 0 amide bonds. The molecule has 0 saturated carbocycles. The van der Waals surface area contributed by atoms with E-state index in [9.17, 15) is 0 Å². The molecule has 0 heterocycles. The van der Waals surface area contributed by atoms with Crippen molar-refractivity contribution in [2.75, 3.05) is 5.32 Å². The molecule has 1 unspecified atom stereocenters. The highest BCUT2D eigenvalue weighted by Gasteiger charge is 2.11. The summed E-state index contributed by atoms with van der Waals surface area (Å²) in [7, 11) is 0. The van der Waals surface area contributed by atoms with Crippen LogP contribution in [0.25, 0.3) is 0 Å². The molecule has 0 aliphatic heterocycles. The zero-order valence-electron chi connectivity index (χ0n) is 12.2. The summed E-state index contributed by atoms with van der Waals surface area (Å²) in [5.41, 5.74) is 6.47. The van der Waals surface area contributed by atoms with Crippen molar-refractivity contribution in [1.82, 2.24) is 0 Å². The van der Waals surface area contributed by atoms with E-state index in [0.717, 1.165) is 14.6 Å². The lowest BCUT2D eigenvalue weighted by Crippen LogP contribution is -2.09. The molecule has 0 aliphatic rings. The van der Waals surface area contributed by atoms with Gasteiger partial charge in [-0.3, -0.25) is 0 Å². The fourth-order valence-corrected chi connectivity index (χ4v) is 3.09. The molecule has 2 rings (SSSR count). The van der Waals surface area contributed by atoms with Crippen molar-refractivity contribution in [3.05, 3.63) is 61.5 Å². The molecular weight excluding hydrogens is 378 g/mol. The predicted molar refractivity (Wildman–Crippen MR) is 94.5 cm³/mol. The monoisotopic (exact) mass is 395 g/mol. The zero-order valence-corrected chi connectivity index (χ0v) is 15.4. The fourth-order valence-electron chi connectivity index (χ4n) is 2.37. The number of anilines is 1. The Balaban J connectivity index is 2.30. The normalized spacial score (nSPS) is 12.3. The van der Waals surface area contributed by atoms with Crippen molar-refractivity contribution in [2.45, 2.75) is 33.7 Å². The predicted octanol–water partition coefficient (Wildman–Crippen LogP) is 6.31. The Hall–Kier alpha value is -0.800. The first-order valence-corrected chi connectivity index (χ1v) is 8.26. The SMILES string of the molecule is Cc1cc(C)c(C(C)Nc2cc(Br)ccc2Br)cc1C. The van der Waals surface area contributed by atoms with E-state index < -0.39 is 0 Å². The smallest absolute Gasteiger partial charge is 0.0500 e. The van der Waals surface area contributed by atoms with Crippen LogP contribution in [0.1, 0.15) is 35.2 Å². The van der Waals surface area contributed by atoms with E-state index in [0.29, 0.717) is 0 Å². The van der Waals surface area contributed by atoms with Gasteiger partial charge < -0.3 is 5.32 Å². The average Bonchev–Trinajstić information content (AvgIpc) is 2.38. The first-order chi connectivity index (χ1) is 9.38. The molecule has 0 aromatic heterocycles. The van der Waals surface area contributed by atoms with Gasteiger partial charge in [-0.25, -0.2) is 0 Å². The van der Waals surface area contributed by atoms with Crippen molar-refractivity contribution >= 4 is 37.5 Å². The van der Waals surface area contributed by atoms with Crippen LogP contribution in [0.4, 0.5) is 5.69 Å². The first kappa shape index (κ1) is 15.6. The minimum absolute atomic E-state index is 0.264. The van der Waals surface area contributed by atoms with E-state index in [-0.39, 0.29) is 6.04 Å². The maximum atomic E-state index is 3.59. The molecule has 0 aliphatic carbocycles. The van der Waals surface area contributed by atoms with E-state index >= 15 is 0 Å². The summed E-state index contributed by atoms with van der Waals surface area (Å²) in [6.45, 7) is 8.70. The van der Waals surface area contributed by atoms with Crippen LogP contribution in [-0.4, -0.2) is 0 Å². The highest BCUT2D eigenvalue weighted by molar-refractivity contribution is 9.11. The Morgan fingerprint density at radius 2 is 1.55 bits per heavy atom. The molecule has 0 radical (unpaired) electrons. The third kappa shape index (κ3) is 3.44. The lowest BCUT2D eigenvalue weighted by Gasteiger charge is -2.20. The highest BCUT2D eigenvalue weighted by atomic mass is 79.9. The summed E-state index contributed by atoms with van der Waals surface area (Å²) < 4.78 is 2.15. The maximum absolute atomic E-state index is 3.59. The van der Waals surface area contributed by atoms with Crippen molar-refractivity contribution in [3.63, 3.8) is 0 Å². The van der Waals surface area contributed by atoms with Crippen molar-refractivity contribution < 1.29 is 0 Å². The van der Waals surface area contributed by atoms with Gasteiger partial charge >= 0.3 is 0 Å². The van der Waals surface area contributed by atoms with Gasteiger partial charge in [0.05, 0.1) is 5.69 Å². The summed E-state index contributed by atoms with van der Waals surface area (Å²) in [6, 6.07) is 11.0. The largest absolute Gasteiger partial charge is 0.378 e. The Morgan fingerprint density at radius 1 is 0.900 bits per heavy atom. The summed E-state index contributed by atoms with van der Waals surface area (Å²) in [6.07, 6.45) is 0. The molecule has 0 spiro atoms. The zero-order chi connectivity index (χ0) is 14.9. The van der Waals surface area contributed by atoms with Gasteiger partial charge in [-0.1, -0.05) is 28.1 Å². The lowest BCUT2D eigenvalue weighted by atomic mass is 9.96. The topological polar surface area (TPSA) is 12.0 Å². The van der Waals surface area contributed by atoms with Gasteiger partial charge in [0.15, 0.2) is 0 Å². The Labute approximate surface area is 138 Å². The molecule has 2 aromatic rings. The Bertz CT molecular complexity index is 635. The van der Waals surface area contributed by atoms with Gasteiger partial charge in [-0.15, -0.1) is 0 Å². The molecule has 0 fully saturated rings. The quantitative estimate of drug-likeness (QED) is 0.640. The molecule has 3 heteroatoms. The molecule has 2 aromatic carbocycles. The Kier molecular flexibility index (Phi) is 4.92. The molecule has 1 nitrogen and oxygen atoms in total. The van der Waals surface area contributed by atoms with E-state index in [4.69, 9.17) is 0 Å². The van der Waals surface area contributed by atoms with Crippen molar-refractivity contribution in [3.8, 4) is 0 Å². The number of hydrogen-bond donors (Lipinski definition) is 1. The van der Waals surface area contributed by atoms with E-state index in [1.54, 1.807) is 0 Å². The second-order valence-electron chi connectivity index (χ2n) is 5.28. The second-order valence-corrected chi connectivity index (χ2v) is 7.05. The number of hydrogen-bond acceptors (Lipinski definition) is 1. The first-order valence-electron chi connectivity index (χ1n) is 6.68. The fraction of sp³-hybridized carbons (Fsp3) is 0.294. The van der Waals surface area contributed by atoms with Gasteiger partial charge in [0, 0.05) is 15.0 Å². The number of aryl methyl sites for hydroxylation is 3. The average molecular weight is 397 g/mol. The van der Waals surface area contributed by atoms with E-state index in [1.807, 2.05) is 12.1 Å². The number of rotatable bonds is 3. The van der Waals surface area contributed by atoms with Crippen LogP contribution in [-0.2, 0) is 0 Å². The van der Waals surface area contributed by atoms with Crippen LogP contribution in [0.15, 0.2) is 39.3 Å². The third-order valence-electron chi connectivity index (χ3n) is 3.65. The maximum Gasteiger partial charge on any atom is 0.0500 e.